The van der Waals surface area contributed by atoms with Crippen LogP contribution in [0.15, 0.2) is 53.9 Å². The number of carbonyl (C=O) groups is 1. The highest BCUT2D eigenvalue weighted by atomic mass is 32.1. The molecule has 0 unspecified atom stereocenters. The van der Waals surface area contributed by atoms with Gasteiger partial charge >= 0.3 is 5.97 Å². The largest absolute Gasteiger partial charge is 0.477 e. The molecule has 0 atom stereocenters. The van der Waals surface area contributed by atoms with Crippen LogP contribution in [0.25, 0.3) is 22.3 Å². The second kappa shape index (κ2) is 5.69. The lowest BCUT2D eigenvalue weighted by Gasteiger charge is -2.07. The minimum atomic E-state index is -1.04. The molecule has 0 saturated carbocycles. The standard InChI is InChI=1S/C17H10F2O2S/c18-12-5-1-10(2-6-12)14-9-22-16(17(20)21)15(14)11-3-7-13(19)8-4-11/h1-9H,(H,20,21). The van der Waals surface area contributed by atoms with E-state index in [1.54, 1.807) is 17.5 Å². The van der Waals surface area contributed by atoms with E-state index in [0.29, 0.717) is 22.3 Å². The Morgan fingerprint density at radius 2 is 1.36 bits per heavy atom. The van der Waals surface area contributed by atoms with E-state index in [4.69, 9.17) is 0 Å². The van der Waals surface area contributed by atoms with Gasteiger partial charge in [0.15, 0.2) is 0 Å². The van der Waals surface area contributed by atoms with Crippen molar-refractivity contribution >= 4 is 17.3 Å². The summed E-state index contributed by atoms with van der Waals surface area (Å²) in [4.78, 5) is 11.6. The molecule has 0 aliphatic carbocycles. The van der Waals surface area contributed by atoms with Gasteiger partial charge in [0.2, 0.25) is 0 Å². The highest BCUT2D eigenvalue weighted by Gasteiger charge is 2.19. The third kappa shape index (κ3) is 2.63. The smallest absolute Gasteiger partial charge is 0.346 e. The molecule has 1 heterocycles. The van der Waals surface area contributed by atoms with Crippen molar-refractivity contribution in [3.63, 3.8) is 0 Å². The third-order valence-corrected chi connectivity index (χ3v) is 4.24. The van der Waals surface area contributed by atoms with Gasteiger partial charge in [-0.15, -0.1) is 11.3 Å². The predicted molar refractivity (Wildman–Crippen MR) is 82.1 cm³/mol. The molecule has 0 amide bonds. The number of aromatic carboxylic acids is 1. The summed E-state index contributed by atoms with van der Waals surface area (Å²) in [5, 5.41) is 11.1. The predicted octanol–water partition coefficient (Wildman–Crippen LogP) is 5.06. The Bertz CT molecular complexity index is 821. The average Bonchev–Trinajstić information content (AvgIpc) is 2.94. The molecule has 3 rings (SSSR count). The first-order valence-corrected chi connectivity index (χ1v) is 7.31. The van der Waals surface area contributed by atoms with Gasteiger partial charge in [0.1, 0.15) is 16.5 Å². The van der Waals surface area contributed by atoms with Crippen LogP contribution in [0.5, 0.6) is 0 Å². The van der Waals surface area contributed by atoms with E-state index in [1.807, 2.05) is 0 Å². The highest BCUT2D eigenvalue weighted by Crippen LogP contribution is 2.39. The molecule has 110 valence electrons. The quantitative estimate of drug-likeness (QED) is 0.733. The fourth-order valence-electron chi connectivity index (χ4n) is 2.26. The molecule has 0 radical (unpaired) electrons. The Kier molecular flexibility index (Phi) is 3.73. The number of benzene rings is 2. The number of rotatable bonds is 3. The van der Waals surface area contributed by atoms with Gasteiger partial charge in [0.25, 0.3) is 0 Å². The number of carboxylic acids is 1. The van der Waals surface area contributed by atoms with Crippen LogP contribution in [-0.2, 0) is 0 Å². The molecule has 0 aliphatic heterocycles. The first kappa shape index (κ1) is 14.4. The number of carboxylic acid groups (broad SMARTS) is 1. The van der Waals surface area contributed by atoms with Gasteiger partial charge < -0.3 is 5.11 Å². The maximum atomic E-state index is 13.1. The summed E-state index contributed by atoms with van der Waals surface area (Å²) in [5.74, 6) is -1.79. The molecule has 0 bridgehead atoms. The summed E-state index contributed by atoms with van der Waals surface area (Å²) in [6.45, 7) is 0. The maximum absolute atomic E-state index is 13.1. The van der Waals surface area contributed by atoms with Crippen molar-refractivity contribution in [3.05, 3.63) is 70.4 Å². The lowest BCUT2D eigenvalue weighted by Crippen LogP contribution is -1.95. The molecule has 0 aliphatic rings. The minimum Gasteiger partial charge on any atom is -0.477 e. The minimum absolute atomic E-state index is 0.172. The summed E-state index contributed by atoms with van der Waals surface area (Å²) < 4.78 is 26.2. The van der Waals surface area contributed by atoms with Crippen molar-refractivity contribution < 1.29 is 18.7 Å². The van der Waals surface area contributed by atoms with E-state index < -0.39 is 5.97 Å². The number of hydrogen-bond acceptors (Lipinski definition) is 2. The van der Waals surface area contributed by atoms with Crippen molar-refractivity contribution in [3.8, 4) is 22.3 Å². The molecule has 1 aromatic heterocycles. The van der Waals surface area contributed by atoms with Crippen LogP contribution in [0.4, 0.5) is 8.78 Å². The zero-order valence-corrected chi connectivity index (χ0v) is 12.0. The van der Waals surface area contributed by atoms with E-state index in [1.165, 1.54) is 36.4 Å². The summed E-state index contributed by atoms with van der Waals surface area (Å²) in [6, 6.07) is 11.5. The van der Waals surface area contributed by atoms with Crippen molar-refractivity contribution in [1.29, 1.82) is 0 Å². The second-order valence-electron chi connectivity index (χ2n) is 4.67. The third-order valence-electron chi connectivity index (χ3n) is 3.27. The SMILES string of the molecule is O=C(O)c1scc(-c2ccc(F)cc2)c1-c1ccc(F)cc1. The van der Waals surface area contributed by atoms with Crippen LogP contribution in [-0.4, -0.2) is 11.1 Å². The molecule has 3 aromatic rings. The zero-order chi connectivity index (χ0) is 15.7. The zero-order valence-electron chi connectivity index (χ0n) is 11.2. The van der Waals surface area contributed by atoms with Crippen molar-refractivity contribution in [1.82, 2.24) is 0 Å². The summed E-state index contributed by atoms with van der Waals surface area (Å²) in [5.41, 5.74) is 2.53. The fourth-order valence-corrected chi connectivity index (χ4v) is 3.20. The van der Waals surface area contributed by atoms with E-state index in [0.717, 1.165) is 11.3 Å². The Morgan fingerprint density at radius 1 is 0.864 bits per heavy atom. The molecule has 1 N–H and O–H groups in total. The first-order valence-electron chi connectivity index (χ1n) is 6.43. The van der Waals surface area contributed by atoms with Crippen LogP contribution in [0.3, 0.4) is 0 Å². The summed E-state index contributed by atoms with van der Waals surface area (Å²) in [7, 11) is 0. The van der Waals surface area contributed by atoms with Gasteiger partial charge in [-0.25, -0.2) is 13.6 Å². The van der Waals surface area contributed by atoms with Crippen LogP contribution >= 0.6 is 11.3 Å². The number of hydrogen-bond donors (Lipinski definition) is 1. The summed E-state index contributed by atoms with van der Waals surface area (Å²) in [6.07, 6.45) is 0. The Morgan fingerprint density at radius 3 is 1.86 bits per heavy atom. The Balaban J connectivity index is 2.21. The molecule has 22 heavy (non-hydrogen) atoms. The summed E-state index contributed by atoms with van der Waals surface area (Å²) >= 11 is 1.10. The topological polar surface area (TPSA) is 37.3 Å². The van der Waals surface area contributed by atoms with Gasteiger partial charge in [-0.3, -0.25) is 0 Å². The van der Waals surface area contributed by atoms with Crippen LogP contribution < -0.4 is 0 Å². The van der Waals surface area contributed by atoms with E-state index in [-0.39, 0.29) is 16.5 Å². The molecular weight excluding hydrogens is 306 g/mol. The van der Waals surface area contributed by atoms with Crippen molar-refractivity contribution in [2.24, 2.45) is 0 Å². The molecule has 0 fully saturated rings. The molecule has 0 saturated heterocycles. The Labute approximate surface area is 129 Å². The molecule has 0 spiro atoms. The lowest BCUT2D eigenvalue weighted by molar-refractivity contribution is 0.0703. The monoisotopic (exact) mass is 316 g/mol. The van der Waals surface area contributed by atoms with Crippen molar-refractivity contribution in [2.75, 3.05) is 0 Å². The Hall–Kier alpha value is -2.53. The molecule has 5 heteroatoms. The van der Waals surface area contributed by atoms with E-state index in [2.05, 4.69) is 0 Å². The number of thiophene rings is 1. The van der Waals surface area contributed by atoms with Gasteiger partial charge in [-0.2, -0.15) is 0 Å². The molecule has 2 nitrogen and oxygen atoms in total. The van der Waals surface area contributed by atoms with Gasteiger partial charge in [-0.1, -0.05) is 24.3 Å². The first-order chi connectivity index (χ1) is 10.6. The van der Waals surface area contributed by atoms with Gasteiger partial charge in [0, 0.05) is 16.5 Å². The van der Waals surface area contributed by atoms with Crippen LogP contribution in [0.1, 0.15) is 9.67 Å². The normalized spacial score (nSPS) is 10.6. The molecule has 2 aromatic carbocycles. The van der Waals surface area contributed by atoms with Crippen LogP contribution in [0.2, 0.25) is 0 Å². The van der Waals surface area contributed by atoms with Crippen LogP contribution in [0, 0.1) is 11.6 Å². The van der Waals surface area contributed by atoms with E-state index in [9.17, 15) is 18.7 Å². The number of halogens is 2. The van der Waals surface area contributed by atoms with Gasteiger partial charge in [-0.05, 0) is 35.4 Å². The molecular formula is C17H10F2O2S. The second-order valence-corrected chi connectivity index (χ2v) is 5.55. The van der Waals surface area contributed by atoms with E-state index >= 15 is 0 Å². The lowest BCUT2D eigenvalue weighted by atomic mass is 9.97. The fraction of sp³-hybridized carbons (Fsp3) is 0. The van der Waals surface area contributed by atoms with Gasteiger partial charge in [0.05, 0.1) is 0 Å². The highest BCUT2D eigenvalue weighted by molar-refractivity contribution is 7.13. The maximum Gasteiger partial charge on any atom is 0.346 e. The average molecular weight is 316 g/mol. The van der Waals surface area contributed by atoms with Crippen molar-refractivity contribution in [2.45, 2.75) is 0 Å².